The van der Waals surface area contributed by atoms with Gasteiger partial charge >= 0.3 is 0 Å². The van der Waals surface area contributed by atoms with E-state index in [4.69, 9.17) is 0 Å². The zero-order chi connectivity index (χ0) is 11.3. The van der Waals surface area contributed by atoms with Crippen LogP contribution in [0, 0.1) is 5.92 Å². The van der Waals surface area contributed by atoms with Crippen LogP contribution in [0.3, 0.4) is 0 Å². The maximum Gasteiger partial charge on any atom is 0.128 e. The van der Waals surface area contributed by atoms with Crippen LogP contribution in [0.4, 0.5) is 5.82 Å². The van der Waals surface area contributed by atoms with Crippen molar-refractivity contribution >= 4 is 5.82 Å². The van der Waals surface area contributed by atoms with Gasteiger partial charge in [0.25, 0.3) is 0 Å². The molecule has 1 N–H and O–H groups in total. The number of hydrogen-bond donors (Lipinski definition) is 1. The van der Waals surface area contributed by atoms with Crippen molar-refractivity contribution in [1.29, 1.82) is 0 Å². The number of anilines is 1. The first kappa shape index (κ1) is 12.0. The first-order valence-corrected chi connectivity index (χ1v) is 5.43. The number of pyridine rings is 1. The number of aromatic nitrogens is 1. The maximum atomic E-state index is 4.53. The van der Waals surface area contributed by atoms with Gasteiger partial charge in [0, 0.05) is 20.6 Å². The van der Waals surface area contributed by atoms with Gasteiger partial charge < -0.3 is 10.2 Å². The Morgan fingerprint density at radius 1 is 1.33 bits per heavy atom. The number of hydrogen-bond acceptors (Lipinski definition) is 3. The van der Waals surface area contributed by atoms with E-state index < -0.39 is 0 Å². The quantitative estimate of drug-likeness (QED) is 0.799. The summed E-state index contributed by atoms with van der Waals surface area (Å²) in [6.07, 6.45) is 0. The van der Waals surface area contributed by atoms with Crippen molar-refractivity contribution in [3.8, 4) is 0 Å². The van der Waals surface area contributed by atoms with Gasteiger partial charge in [0.1, 0.15) is 5.82 Å². The Balaban J connectivity index is 2.50. The van der Waals surface area contributed by atoms with E-state index in [0.29, 0.717) is 5.92 Å². The number of nitrogens with zero attached hydrogens (tertiary/aromatic N) is 2. The highest BCUT2D eigenvalue weighted by atomic mass is 15.1. The summed E-state index contributed by atoms with van der Waals surface area (Å²) in [4.78, 5) is 6.55. The molecule has 0 saturated heterocycles. The molecule has 0 atom stereocenters. The molecule has 3 heteroatoms. The molecule has 1 aromatic heterocycles. The Morgan fingerprint density at radius 2 is 2.07 bits per heavy atom. The topological polar surface area (TPSA) is 28.2 Å². The Hall–Kier alpha value is -1.09. The van der Waals surface area contributed by atoms with Crippen LogP contribution in [-0.2, 0) is 6.54 Å². The summed E-state index contributed by atoms with van der Waals surface area (Å²) in [7, 11) is 4.02. The number of nitrogens with one attached hydrogen (secondary N) is 1. The molecule has 0 spiro atoms. The second-order valence-corrected chi connectivity index (χ2v) is 4.41. The summed E-state index contributed by atoms with van der Waals surface area (Å²) in [6.45, 7) is 6.29. The molecule has 1 heterocycles. The van der Waals surface area contributed by atoms with Crippen molar-refractivity contribution in [3.63, 3.8) is 0 Å². The number of rotatable bonds is 5. The summed E-state index contributed by atoms with van der Waals surface area (Å²) in [6, 6.07) is 6.13. The molecular formula is C12H21N3. The van der Waals surface area contributed by atoms with Gasteiger partial charge in [-0.15, -0.1) is 0 Å². The SMILES string of the molecule is CC(C)CNCc1cccc(N(C)C)n1. The fraction of sp³-hybridized carbons (Fsp3) is 0.583. The average molecular weight is 207 g/mol. The molecule has 84 valence electrons. The van der Waals surface area contributed by atoms with Crippen LogP contribution in [0.2, 0.25) is 0 Å². The van der Waals surface area contributed by atoms with E-state index >= 15 is 0 Å². The molecule has 3 nitrogen and oxygen atoms in total. The summed E-state index contributed by atoms with van der Waals surface area (Å²) >= 11 is 0. The van der Waals surface area contributed by atoms with Crippen molar-refractivity contribution in [2.24, 2.45) is 5.92 Å². The van der Waals surface area contributed by atoms with Gasteiger partial charge in [0.05, 0.1) is 5.69 Å². The Bertz CT molecular complexity index is 295. The van der Waals surface area contributed by atoms with E-state index in [1.165, 1.54) is 0 Å². The molecule has 15 heavy (non-hydrogen) atoms. The highest BCUT2D eigenvalue weighted by molar-refractivity contribution is 5.36. The lowest BCUT2D eigenvalue weighted by Gasteiger charge is -2.13. The summed E-state index contributed by atoms with van der Waals surface area (Å²) in [5.74, 6) is 1.70. The lowest BCUT2D eigenvalue weighted by Crippen LogP contribution is -2.20. The van der Waals surface area contributed by atoms with Gasteiger partial charge in [0.15, 0.2) is 0 Å². The van der Waals surface area contributed by atoms with Crippen molar-refractivity contribution in [3.05, 3.63) is 23.9 Å². The van der Waals surface area contributed by atoms with E-state index in [1.54, 1.807) is 0 Å². The van der Waals surface area contributed by atoms with Crippen molar-refractivity contribution in [1.82, 2.24) is 10.3 Å². The molecule has 0 aliphatic heterocycles. The molecule has 0 fully saturated rings. The largest absolute Gasteiger partial charge is 0.363 e. The van der Waals surface area contributed by atoms with E-state index in [0.717, 1.165) is 24.6 Å². The molecule has 0 aromatic carbocycles. The van der Waals surface area contributed by atoms with E-state index in [2.05, 4.69) is 36.3 Å². The molecule has 0 saturated carbocycles. The minimum absolute atomic E-state index is 0.682. The summed E-state index contributed by atoms with van der Waals surface area (Å²) < 4.78 is 0. The highest BCUT2D eigenvalue weighted by Crippen LogP contribution is 2.07. The third kappa shape index (κ3) is 4.30. The van der Waals surface area contributed by atoms with Gasteiger partial charge in [-0.25, -0.2) is 4.98 Å². The zero-order valence-electron chi connectivity index (χ0n) is 10.1. The lowest BCUT2D eigenvalue weighted by molar-refractivity contribution is 0.548. The normalized spacial score (nSPS) is 10.7. The van der Waals surface area contributed by atoms with E-state index in [1.807, 2.05) is 25.1 Å². The Kier molecular flexibility index (Phi) is 4.56. The molecule has 0 radical (unpaired) electrons. The fourth-order valence-electron chi connectivity index (χ4n) is 1.30. The van der Waals surface area contributed by atoms with Gasteiger partial charge in [-0.1, -0.05) is 19.9 Å². The second kappa shape index (κ2) is 5.71. The zero-order valence-corrected chi connectivity index (χ0v) is 10.1. The fourth-order valence-corrected chi connectivity index (χ4v) is 1.30. The monoisotopic (exact) mass is 207 g/mol. The molecule has 0 unspecified atom stereocenters. The van der Waals surface area contributed by atoms with Crippen LogP contribution in [-0.4, -0.2) is 25.6 Å². The maximum absolute atomic E-state index is 4.53. The average Bonchev–Trinajstić information content (AvgIpc) is 2.17. The molecular weight excluding hydrogens is 186 g/mol. The van der Waals surface area contributed by atoms with E-state index in [9.17, 15) is 0 Å². The summed E-state index contributed by atoms with van der Waals surface area (Å²) in [5, 5.41) is 3.39. The molecule has 1 rings (SSSR count). The second-order valence-electron chi connectivity index (χ2n) is 4.41. The standard InChI is InChI=1S/C12H21N3/c1-10(2)8-13-9-11-6-5-7-12(14-11)15(3)4/h5-7,10,13H,8-9H2,1-4H3. The summed E-state index contributed by atoms with van der Waals surface area (Å²) in [5.41, 5.74) is 1.10. The third-order valence-corrected chi connectivity index (χ3v) is 2.11. The predicted molar refractivity (Wildman–Crippen MR) is 65.1 cm³/mol. The van der Waals surface area contributed by atoms with Crippen LogP contribution in [0.1, 0.15) is 19.5 Å². The molecule has 0 amide bonds. The highest BCUT2D eigenvalue weighted by Gasteiger charge is 1.99. The Labute approximate surface area is 92.5 Å². The van der Waals surface area contributed by atoms with Gasteiger partial charge in [-0.2, -0.15) is 0 Å². The lowest BCUT2D eigenvalue weighted by atomic mass is 10.2. The molecule has 0 bridgehead atoms. The smallest absolute Gasteiger partial charge is 0.128 e. The van der Waals surface area contributed by atoms with Crippen LogP contribution in [0.5, 0.6) is 0 Å². The molecule has 0 aliphatic carbocycles. The van der Waals surface area contributed by atoms with Gasteiger partial charge in [-0.05, 0) is 24.6 Å². The van der Waals surface area contributed by atoms with Crippen molar-refractivity contribution < 1.29 is 0 Å². The first-order valence-electron chi connectivity index (χ1n) is 5.43. The van der Waals surface area contributed by atoms with E-state index in [-0.39, 0.29) is 0 Å². The van der Waals surface area contributed by atoms with Gasteiger partial charge in [-0.3, -0.25) is 0 Å². The van der Waals surface area contributed by atoms with Crippen LogP contribution >= 0.6 is 0 Å². The minimum Gasteiger partial charge on any atom is -0.363 e. The first-order chi connectivity index (χ1) is 7.09. The molecule has 0 aliphatic rings. The van der Waals surface area contributed by atoms with Crippen molar-refractivity contribution in [2.75, 3.05) is 25.5 Å². The minimum atomic E-state index is 0.682. The van der Waals surface area contributed by atoms with Crippen molar-refractivity contribution in [2.45, 2.75) is 20.4 Å². The van der Waals surface area contributed by atoms with Crippen LogP contribution in [0.15, 0.2) is 18.2 Å². The predicted octanol–water partition coefficient (Wildman–Crippen LogP) is 1.89. The Morgan fingerprint density at radius 3 is 2.67 bits per heavy atom. The van der Waals surface area contributed by atoms with Crippen LogP contribution in [0.25, 0.3) is 0 Å². The van der Waals surface area contributed by atoms with Crippen LogP contribution < -0.4 is 10.2 Å². The van der Waals surface area contributed by atoms with Gasteiger partial charge in [0.2, 0.25) is 0 Å². The third-order valence-electron chi connectivity index (χ3n) is 2.11. The molecule has 1 aromatic rings.